The molecule has 0 radical (unpaired) electrons. The first-order chi connectivity index (χ1) is 11.1. The third-order valence-electron chi connectivity index (χ3n) is 3.65. The van der Waals surface area contributed by atoms with E-state index >= 15 is 0 Å². The smallest absolute Gasteiger partial charge is 0.323 e. The molecule has 0 saturated carbocycles. The van der Waals surface area contributed by atoms with E-state index in [-0.39, 0.29) is 18.5 Å². The van der Waals surface area contributed by atoms with E-state index in [2.05, 4.69) is 5.32 Å². The van der Waals surface area contributed by atoms with Crippen LogP contribution in [0, 0.1) is 0 Å². The molecule has 0 aliphatic carbocycles. The van der Waals surface area contributed by atoms with E-state index in [9.17, 15) is 9.59 Å². The normalized spacial score (nSPS) is 14.2. The zero-order chi connectivity index (χ0) is 16.2. The second kappa shape index (κ2) is 6.71. The molecule has 1 aliphatic rings. The fourth-order valence-electron chi connectivity index (χ4n) is 2.50. The molecule has 1 saturated heterocycles. The van der Waals surface area contributed by atoms with Gasteiger partial charge in [0.15, 0.2) is 0 Å². The molecule has 1 heterocycles. The topological polar surface area (TPSA) is 52.7 Å². The zero-order valence-corrected chi connectivity index (χ0v) is 13.2. The highest BCUT2D eigenvalue weighted by Gasteiger charge is 2.30. The summed E-state index contributed by atoms with van der Waals surface area (Å²) in [7, 11) is 0. The number of urea groups is 1. The van der Waals surface area contributed by atoms with Gasteiger partial charge in [0.2, 0.25) is 5.91 Å². The monoisotopic (exact) mass is 329 g/mol. The van der Waals surface area contributed by atoms with Gasteiger partial charge in [0.05, 0.1) is 10.7 Å². The minimum Gasteiger partial charge on any atom is -0.323 e. The number of anilines is 2. The molecule has 3 rings (SSSR count). The van der Waals surface area contributed by atoms with Crippen molar-refractivity contribution in [3.63, 3.8) is 0 Å². The SMILES string of the molecule is O=C(CN1CCN(c2ccccc2)C1=O)Nc1ccccc1Cl. The zero-order valence-electron chi connectivity index (χ0n) is 12.4. The maximum Gasteiger partial charge on any atom is 0.325 e. The number of carbonyl (C=O) groups is 2. The number of halogens is 1. The lowest BCUT2D eigenvalue weighted by Crippen LogP contribution is -2.37. The molecule has 0 aromatic heterocycles. The van der Waals surface area contributed by atoms with Crippen LogP contribution in [-0.2, 0) is 4.79 Å². The molecule has 0 atom stereocenters. The number of rotatable bonds is 4. The summed E-state index contributed by atoms with van der Waals surface area (Å²) in [5.41, 5.74) is 1.39. The molecule has 0 unspecified atom stereocenters. The van der Waals surface area contributed by atoms with Crippen molar-refractivity contribution >= 4 is 34.9 Å². The van der Waals surface area contributed by atoms with Gasteiger partial charge in [-0.25, -0.2) is 4.79 Å². The van der Waals surface area contributed by atoms with Crippen molar-refractivity contribution < 1.29 is 9.59 Å². The molecule has 3 amide bonds. The first-order valence-electron chi connectivity index (χ1n) is 7.31. The van der Waals surface area contributed by atoms with E-state index in [1.807, 2.05) is 30.3 Å². The first kappa shape index (κ1) is 15.4. The molecule has 118 valence electrons. The molecule has 1 fully saturated rings. The molecule has 0 bridgehead atoms. The molecule has 5 nitrogen and oxygen atoms in total. The van der Waals surface area contributed by atoms with Gasteiger partial charge < -0.3 is 10.2 Å². The van der Waals surface area contributed by atoms with Crippen LogP contribution in [0.4, 0.5) is 16.2 Å². The molecule has 23 heavy (non-hydrogen) atoms. The van der Waals surface area contributed by atoms with Crippen molar-refractivity contribution in [2.24, 2.45) is 0 Å². The predicted octanol–water partition coefficient (Wildman–Crippen LogP) is 3.22. The number of para-hydroxylation sites is 2. The summed E-state index contributed by atoms with van der Waals surface area (Å²) in [5.74, 6) is -0.263. The highest BCUT2D eigenvalue weighted by atomic mass is 35.5. The Morgan fingerprint density at radius 2 is 1.74 bits per heavy atom. The van der Waals surface area contributed by atoms with Gasteiger partial charge in [-0.1, -0.05) is 41.9 Å². The van der Waals surface area contributed by atoms with E-state index in [0.717, 1.165) is 5.69 Å². The molecule has 1 aliphatic heterocycles. The van der Waals surface area contributed by atoms with Crippen molar-refractivity contribution in [3.8, 4) is 0 Å². The Bertz CT molecular complexity index is 721. The Hall–Kier alpha value is -2.53. The van der Waals surface area contributed by atoms with Crippen LogP contribution in [0.5, 0.6) is 0 Å². The molecular weight excluding hydrogens is 314 g/mol. The summed E-state index contributed by atoms with van der Waals surface area (Å²) in [6.07, 6.45) is 0. The van der Waals surface area contributed by atoms with Gasteiger partial charge >= 0.3 is 6.03 Å². The minimum atomic E-state index is -0.263. The van der Waals surface area contributed by atoms with Crippen molar-refractivity contribution in [3.05, 3.63) is 59.6 Å². The predicted molar refractivity (Wildman–Crippen MR) is 90.8 cm³/mol. The fourth-order valence-corrected chi connectivity index (χ4v) is 2.69. The van der Waals surface area contributed by atoms with E-state index < -0.39 is 0 Å². The summed E-state index contributed by atoms with van der Waals surface area (Å²) >= 11 is 6.01. The molecule has 6 heteroatoms. The molecule has 0 spiro atoms. The number of benzene rings is 2. The highest BCUT2D eigenvalue weighted by molar-refractivity contribution is 6.33. The first-order valence-corrected chi connectivity index (χ1v) is 7.69. The summed E-state index contributed by atoms with van der Waals surface area (Å²) < 4.78 is 0. The van der Waals surface area contributed by atoms with Gasteiger partial charge in [0.1, 0.15) is 6.54 Å². The quantitative estimate of drug-likeness (QED) is 0.936. The third kappa shape index (κ3) is 3.46. The number of carbonyl (C=O) groups excluding carboxylic acids is 2. The van der Waals surface area contributed by atoms with Crippen LogP contribution in [0.15, 0.2) is 54.6 Å². The number of hydrogen-bond acceptors (Lipinski definition) is 2. The van der Waals surface area contributed by atoms with Crippen LogP contribution in [0.3, 0.4) is 0 Å². The number of nitrogens with one attached hydrogen (secondary N) is 1. The lowest BCUT2D eigenvalue weighted by atomic mass is 10.3. The van der Waals surface area contributed by atoms with E-state index in [4.69, 9.17) is 11.6 Å². The minimum absolute atomic E-state index is 0.00733. The summed E-state index contributed by atoms with van der Waals surface area (Å²) in [5, 5.41) is 3.20. The van der Waals surface area contributed by atoms with E-state index in [0.29, 0.717) is 23.8 Å². The van der Waals surface area contributed by atoms with Crippen molar-refractivity contribution in [2.75, 3.05) is 29.9 Å². The molecular formula is C17H16ClN3O2. The average molecular weight is 330 g/mol. The van der Waals surface area contributed by atoms with Crippen molar-refractivity contribution in [2.45, 2.75) is 0 Å². The third-order valence-corrected chi connectivity index (χ3v) is 3.97. The molecule has 1 N–H and O–H groups in total. The lowest BCUT2D eigenvalue weighted by molar-refractivity contribution is -0.116. The van der Waals surface area contributed by atoms with Crippen LogP contribution in [0.1, 0.15) is 0 Å². The van der Waals surface area contributed by atoms with Crippen molar-refractivity contribution in [1.82, 2.24) is 4.90 Å². The Labute approximate surface area is 139 Å². The highest BCUT2D eigenvalue weighted by Crippen LogP contribution is 2.22. The van der Waals surface area contributed by atoms with Crippen LogP contribution in [-0.4, -0.2) is 36.5 Å². The lowest BCUT2D eigenvalue weighted by Gasteiger charge is -2.18. The van der Waals surface area contributed by atoms with Crippen LogP contribution < -0.4 is 10.2 Å². The summed E-state index contributed by atoms with van der Waals surface area (Å²) in [4.78, 5) is 27.7. The van der Waals surface area contributed by atoms with Crippen LogP contribution in [0.25, 0.3) is 0 Å². The summed E-state index contributed by atoms with van der Waals surface area (Å²) in [6, 6.07) is 16.3. The van der Waals surface area contributed by atoms with E-state index in [1.165, 1.54) is 4.90 Å². The molecule has 2 aromatic carbocycles. The Morgan fingerprint density at radius 3 is 2.48 bits per heavy atom. The number of amides is 3. The largest absolute Gasteiger partial charge is 0.325 e. The van der Waals surface area contributed by atoms with Crippen LogP contribution >= 0.6 is 11.6 Å². The Morgan fingerprint density at radius 1 is 1.04 bits per heavy atom. The fraction of sp³-hybridized carbons (Fsp3) is 0.176. The summed E-state index contributed by atoms with van der Waals surface area (Å²) in [6.45, 7) is 1.10. The molecule has 2 aromatic rings. The van der Waals surface area contributed by atoms with Crippen LogP contribution in [0.2, 0.25) is 5.02 Å². The van der Waals surface area contributed by atoms with Gasteiger partial charge in [-0.05, 0) is 24.3 Å². The Kier molecular flexibility index (Phi) is 4.48. The van der Waals surface area contributed by atoms with Gasteiger partial charge in [0.25, 0.3) is 0 Å². The maximum atomic E-state index is 12.4. The van der Waals surface area contributed by atoms with E-state index in [1.54, 1.807) is 29.2 Å². The maximum absolute atomic E-state index is 12.4. The number of hydrogen-bond donors (Lipinski definition) is 1. The standard InChI is InChI=1S/C17H16ClN3O2/c18-14-8-4-5-9-15(14)19-16(22)12-20-10-11-21(17(20)23)13-6-2-1-3-7-13/h1-9H,10-12H2,(H,19,22). The van der Waals surface area contributed by atoms with Gasteiger partial charge in [0, 0.05) is 18.8 Å². The van der Waals surface area contributed by atoms with Gasteiger partial charge in [-0.3, -0.25) is 9.69 Å². The van der Waals surface area contributed by atoms with Gasteiger partial charge in [-0.2, -0.15) is 0 Å². The Balaban J connectivity index is 1.62. The second-order valence-corrected chi connectivity index (χ2v) is 5.63. The second-order valence-electron chi connectivity index (χ2n) is 5.22. The number of nitrogens with zero attached hydrogens (tertiary/aromatic N) is 2. The van der Waals surface area contributed by atoms with Gasteiger partial charge in [-0.15, -0.1) is 0 Å². The average Bonchev–Trinajstić information content (AvgIpc) is 2.91. The van der Waals surface area contributed by atoms with Crippen molar-refractivity contribution in [1.29, 1.82) is 0 Å².